The van der Waals surface area contributed by atoms with Crippen LogP contribution in [-0.2, 0) is 4.57 Å². The number of rotatable bonds is 6. The summed E-state index contributed by atoms with van der Waals surface area (Å²) >= 11 is 1.58. The number of benzene rings is 3. The molecule has 0 radical (unpaired) electrons. The van der Waals surface area contributed by atoms with Crippen LogP contribution >= 0.6 is 19.4 Å². The second-order valence-corrected chi connectivity index (χ2v) is 7.76. The van der Waals surface area contributed by atoms with Crippen LogP contribution in [0.2, 0.25) is 0 Å². The van der Waals surface area contributed by atoms with Crippen LogP contribution in [0.25, 0.3) is 0 Å². The maximum absolute atomic E-state index is 13.6. The normalized spacial score (nSPS) is 11.0. The quantitative estimate of drug-likeness (QED) is 0.438. The molecule has 0 unspecified atom stereocenters. The van der Waals surface area contributed by atoms with Gasteiger partial charge >= 0.3 is 7.60 Å². The first-order valence-electron chi connectivity index (χ1n) is 7.43. The molecule has 0 aliphatic rings. The zero-order valence-corrected chi connectivity index (χ0v) is 14.9. The van der Waals surface area contributed by atoms with Crippen molar-refractivity contribution in [2.75, 3.05) is 6.26 Å². The Kier molecular flexibility index (Phi) is 5.29. The fourth-order valence-corrected chi connectivity index (χ4v) is 4.30. The van der Waals surface area contributed by atoms with Gasteiger partial charge in [-0.2, -0.15) is 0 Å². The molecule has 0 spiro atoms. The van der Waals surface area contributed by atoms with Gasteiger partial charge in [0, 0.05) is 4.90 Å². The molecule has 3 aromatic carbocycles. The molecule has 5 heteroatoms. The van der Waals surface area contributed by atoms with Crippen LogP contribution < -0.4 is 14.4 Å². The summed E-state index contributed by atoms with van der Waals surface area (Å²) in [6, 6.07) is 25.6. The highest BCUT2D eigenvalue weighted by Crippen LogP contribution is 2.47. The van der Waals surface area contributed by atoms with Crippen LogP contribution in [-0.4, -0.2) is 6.26 Å². The van der Waals surface area contributed by atoms with E-state index in [1.165, 1.54) is 0 Å². The number of para-hydroxylation sites is 2. The summed E-state index contributed by atoms with van der Waals surface area (Å²) in [4.78, 5) is 1.00. The summed E-state index contributed by atoms with van der Waals surface area (Å²) in [5.41, 5.74) is 0. The second kappa shape index (κ2) is 7.61. The Hall–Kier alpha value is -2.16. The summed E-state index contributed by atoms with van der Waals surface area (Å²) in [6.45, 7) is 0. The van der Waals surface area contributed by atoms with Crippen molar-refractivity contribution in [3.05, 3.63) is 84.9 Å². The van der Waals surface area contributed by atoms with Gasteiger partial charge in [0.2, 0.25) is 0 Å². The van der Waals surface area contributed by atoms with Crippen LogP contribution in [0.3, 0.4) is 0 Å². The molecule has 0 aliphatic heterocycles. The van der Waals surface area contributed by atoms with Gasteiger partial charge < -0.3 is 9.05 Å². The molecule has 0 saturated carbocycles. The zero-order chi connectivity index (χ0) is 16.8. The summed E-state index contributed by atoms with van der Waals surface area (Å²) < 4.78 is 25.2. The van der Waals surface area contributed by atoms with Crippen molar-refractivity contribution in [1.82, 2.24) is 0 Å². The van der Waals surface area contributed by atoms with Crippen LogP contribution in [0.5, 0.6) is 11.5 Å². The highest BCUT2D eigenvalue weighted by molar-refractivity contribution is 7.98. The molecule has 122 valence electrons. The van der Waals surface area contributed by atoms with Gasteiger partial charge in [-0.3, -0.25) is 0 Å². The standard InChI is InChI=1S/C19H17O3PS/c1-24-19-14-8-13-18(15-19)23(20,21-16-9-4-2-5-10-16)22-17-11-6-3-7-12-17/h2-15H,1H3. The van der Waals surface area contributed by atoms with E-state index in [2.05, 4.69) is 0 Å². The molecule has 0 fully saturated rings. The minimum absolute atomic E-state index is 0.506. The molecule has 3 rings (SSSR count). The largest absolute Gasteiger partial charge is 0.462 e. The molecule has 0 saturated heterocycles. The van der Waals surface area contributed by atoms with Crippen LogP contribution in [0.4, 0.5) is 0 Å². The zero-order valence-electron chi connectivity index (χ0n) is 13.2. The Morgan fingerprint density at radius 1 is 0.750 bits per heavy atom. The van der Waals surface area contributed by atoms with Crippen LogP contribution in [0.15, 0.2) is 89.8 Å². The molecule has 0 amide bonds. The van der Waals surface area contributed by atoms with Gasteiger partial charge in [0.25, 0.3) is 0 Å². The van der Waals surface area contributed by atoms with E-state index in [0.717, 1.165) is 4.90 Å². The molecule has 0 aromatic heterocycles. The fourth-order valence-electron chi connectivity index (χ4n) is 2.15. The second-order valence-electron chi connectivity index (χ2n) is 5.01. The third kappa shape index (κ3) is 4.02. The first kappa shape index (κ1) is 16.7. The average Bonchev–Trinajstić information content (AvgIpc) is 2.63. The summed E-state index contributed by atoms with van der Waals surface area (Å²) in [7, 11) is -3.57. The Labute approximate surface area is 146 Å². The maximum atomic E-state index is 13.6. The number of hydrogen-bond acceptors (Lipinski definition) is 4. The van der Waals surface area contributed by atoms with E-state index in [1.807, 2.05) is 60.9 Å². The maximum Gasteiger partial charge on any atom is 0.462 e. The third-order valence-corrected chi connectivity index (χ3v) is 5.85. The summed E-state index contributed by atoms with van der Waals surface area (Å²) in [6.07, 6.45) is 1.97. The smallest absolute Gasteiger partial charge is 0.413 e. The van der Waals surface area contributed by atoms with Gasteiger partial charge in [-0.25, -0.2) is 4.57 Å². The molecule has 0 N–H and O–H groups in total. The molecule has 0 bridgehead atoms. The lowest BCUT2D eigenvalue weighted by atomic mass is 10.3. The van der Waals surface area contributed by atoms with Gasteiger partial charge in [0.1, 0.15) is 11.5 Å². The van der Waals surface area contributed by atoms with Crippen LogP contribution in [0, 0.1) is 0 Å². The van der Waals surface area contributed by atoms with E-state index in [-0.39, 0.29) is 0 Å². The average molecular weight is 356 g/mol. The van der Waals surface area contributed by atoms with E-state index < -0.39 is 7.60 Å². The number of hydrogen-bond donors (Lipinski definition) is 0. The Morgan fingerprint density at radius 3 is 1.79 bits per heavy atom. The molecule has 24 heavy (non-hydrogen) atoms. The highest BCUT2D eigenvalue weighted by atomic mass is 32.2. The van der Waals surface area contributed by atoms with E-state index >= 15 is 0 Å². The Balaban J connectivity index is 2.00. The molecule has 0 aliphatic carbocycles. The van der Waals surface area contributed by atoms with Crippen LogP contribution in [0.1, 0.15) is 0 Å². The van der Waals surface area contributed by atoms with Gasteiger partial charge in [-0.1, -0.05) is 42.5 Å². The molecule has 0 heterocycles. The molecule has 0 atom stereocenters. The lowest BCUT2D eigenvalue weighted by Crippen LogP contribution is -2.14. The topological polar surface area (TPSA) is 35.5 Å². The summed E-state index contributed by atoms with van der Waals surface area (Å²) in [5, 5.41) is 0.530. The molecular weight excluding hydrogens is 339 g/mol. The van der Waals surface area contributed by atoms with Gasteiger partial charge in [-0.15, -0.1) is 11.8 Å². The predicted molar refractivity (Wildman–Crippen MR) is 99.6 cm³/mol. The lowest BCUT2D eigenvalue weighted by molar-refractivity contribution is 0.399. The molecule has 3 aromatic rings. The van der Waals surface area contributed by atoms with E-state index in [9.17, 15) is 4.57 Å². The summed E-state index contributed by atoms with van der Waals surface area (Å²) in [5.74, 6) is 1.01. The SMILES string of the molecule is CSc1cccc(P(=O)(Oc2ccccc2)Oc2ccccc2)c1. The van der Waals surface area contributed by atoms with Crippen molar-refractivity contribution in [2.45, 2.75) is 4.90 Å². The highest BCUT2D eigenvalue weighted by Gasteiger charge is 2.31. The van der Waals surface area contributed by atoms with E-state index in [1.54, 1.807) is 42.1 Å². The minimum atomic E-state index is -3.57. The van der Waals surface area contributed by atoms with Gasteiger partial charge in [0.05, 0.1) is 5.30 Å². The van der Waals surface area contributed by atoms with Crippen molar-refractivity contribution in [3.8, 4) is 11.5 Å². The first-order chi connectivity index (χ1) is 11.7. The van der Waals surface area contributed by atoms with E-state index in [0.29, 0.717) is 16.8 Å². The first-order valence-corrected chi connectivity index (χ1v) is 10.2. The van der Waals surface area contributed by atoms with E-state index in [4.69, 9.17) is 9.05 Å². The third-order valence-electron chi connectivity index (χ3n) is 3.31. The number of thioether (sulfide) groups is 1. The van der Waals surface area contributed by atoms with Crippen molar-refractivity contribution in [3.63, 3.8) is 0 Å². The fraction of sp³-hybridized carbons (Fsp3) is 0.0526. The lowest BCUT2D eigenvalue weighted by Gasteiger charge is -2.20. The molecule has 3 nitrogen and oxygen atoms in total. The Morgan fingerprint density at radius 2 is 1.29 bits per heavy atom. The monoisotopic (exact) mass is 356 g/mol. The van der Waals surface area contributed by atoms with Gasteiger partial charge in [-0.05, 0) is 48.7 Å². The van der Waals surface area contributed by atoms with Crippen molar-refractivity contribution >= 4 is 24.7 Å². The van der Waals surface area contributed by atoms with Gasteiger partial charge in [0.15, 0.2) is 0 Å². The molecular formula is C19H17O3PS. The predicted octanol–water partition coefficient (Wildman–Crippen LogP) is 5.38. The minimum Gasteiger partial charge on any atom is -0.413 e. The Bertz CT molecular complexity index is 792. The van der Waals surface area contributed by atoms with Crippen molar-refractivity contribution in [1.29, 1.82) is 0 Å². The van der Waals surface area contributed by atoms with Crippen molar-refractivity contribution < 1.29 is 13.6 Å². The van der Waals surface area contributed by atoms with Crippen molar-refractivity contribution in [2.24, 2.45) is 0 Å².